The summed E-state index contributed by atoms with van der Waals surface area (Å²) < 4.78 is 5.26. The summed E-state index contributed by atoms with van der Waals surface area (Å²) in [5, 5.41) is 0. The second kappa shape index (κ2) is 5.30. The van der Waals surface area contributed by atoms with Crippen LogP contribution >= 0.6 is 0 Å². The predicted octanol–water partition coefficient (Wildman–Crippen LogP) is 4.13. The van der Waals surface area contributed by atoms with Gasteiger partial charge in [0.2, 0.25) is 0 Å². The standard InChI is InChI=1S/C8H7NO.C7H8/c1-6-9-7-4-2-3-5-8(7)10-6;1-7-5-3-2-4-6-7/h2-5H,1H3;2-6H,1H3. The Kier molecular flexibility index (Phi) is 3.55. The van der Waals surface area contributed by atoms with E-state index in [2.05, 4.69) is 24.0 Å². The van der Waals surface area contributed by atoms with Crippen molar-refractivity contribution in [3.8, 4) is 0 Å². The van der Waals surface area contributed by atoms with Crippen LogP contribution in [-0.2, 0) is 0 Å². The third-order valence-corrected chi connectivity index (χ3v) is 2.34. The quantitative estimate of drug-likeness (QED) is 0.575. The number of nitrogens with zero attached hydrogens (tertiary/aromatic N) is 1. The molecule has 2 nitrogen and oxygen atoms in total. The van der Waals surface area contributed by atoms with E-state index in [4.69, 9.17) is 4.42 Å². The van der Waals surface area contributed by atoms with Gasteiger partial charge in [-0.3, -0.25) is 0 Å². The van der Waals surface area contributed by atoms with Gasteiger partial charge in [0.05, 0.1) is 0 Å². The van der Waals surface area contributed by atoms with E-state index >= 15 is 0 Å². The Bertz CT molecular complexity index is 551. The molecule has 0 unspecified atom stereocenters. The zero-order valence-electron chi connectivity index (χ0n) is 10.1. The molecular weight excluding hydrogens is 210 g/mol. The van der Waals surface area contributed by atoms with E-state index in [0.717, 1.165) is 17.0 Å². The number of fused-ring (bicyclic) bond motifs is 1. The molecule has 0 aliphatic rings. The van der Waals surface area contributed by atoms with Gasteiger partial charge < -0.3 is 4.42 Å². The van der Waals surface area contributed by atoms with Crippen molar-refractivity contribution >= 4 is 11.1 Å². The number of rotatable bonds is 0. The lowest BCUT2D eigenvalue weighted by atomic mass is 10.2. The first-order valence-electron chi connectivity index (χ1n) is 5.59. The summed E-state index contributed by atoms with van der Waals surface area (Å²) in [5.74, 6) is 0.723. The average molecular weight is 225 g/mol. The van der Waals surface area contributed by atoms with Crippen LogP contribution in [0.4, 0.5) is 0 Å². The highest BCUT2D eigenvalue weighted by molar-refractivity contribution is 5.71. The molecule has 0 N–H and O–H groups in total. The highest BCUT2D eigenvalue weighted by atomic mass is 16.3. The van der Waals surface area contributed by atoms with Crippen molar-refractivity contribution in [3.05, 3.63) is 66.1 Å². The molecule has 1 heterocycles. The third kappa shape index (κ3) is 3.18. The molecule has 3 aromatic rings. The van der Waals surface area contributed by atoms with Gasteiger partial charge in [-0.15, -0.1) is 0 Å². The minimum atomic E-state index is 0.723. The Morgan fingerprint density at radius 1 is 0.824 bits per heavy atom. The molecule has 2 aromatic carbocycles. The largest absolute Gasteiger partial charge is 0.441 e. The van der Waals surface area contributed by atoms with Crippen molar-refractivity contribution in [1.29, 1.82) is 0 Å². The zero-order valence-corrected chi connectivity index (χ0v) is 10.1. The fourth-order valence-corrected chi connectivity index (χ4v) is 1.52. The van der Waals surface area contributed by atoms with Crippen molar-refractivity contribution < 1.29 is 4.42 Å². The summed E-state index contributed by atoms with van der Waals surface area (Å²) in [4.78, 5) is 4.15. The molecular formula is C15H15NO. The van der Waals surface area contributed by atoms with Gasteiger partial charge in [-0.2, -0.15) is 0 Å². The molecule has 0 bridgehead atoms. The van der Waals surface area contributed by atoms with Crippen LogP contribution in [0.25, 0.3) is 11.1 Å². The normalized spacial score (nSPS) is 9.76. The lowest BCUT2D eigenvalue weighted by Gasteiger charge is -1.82. The van der Waals surface area contributed by atoms with Crippen LogP contribution in [0, 0.1) is 13.8 Å². The zero-order chi connectivity index (χ0) is 12.1. The summed E-state index contributed by atoms with van der Waals surface area (Å²) in [7, 11) is 0. The fourth-order valence-electron chi connectivity index (χ4n) is 1.52. The van der Waals surface area contributed by atoms with Gasteiger partial charge in [0.1, 0.15) is 5.52 Å². The average Bonchev–Trinajstić information content (AvgIpc) is 2.71. The molecule has 0 radical (unpaired) electrons. The maximum Gasteiger partial charge on any atom is 0.192 e. The van der Waals surface area contributed by atoms with Gasteiger partial charge in [-0.05, 0) is 19.1 Å². The second-order valence-electron chi connectivity index (χ2n) is 3.86. The van der Waals surface area contributed by atoms with E-state index < -0.39 is 0 Å². The highest BCUT2D eigenvalue weighted by Gasteiger charge is 1.97. The number of para-hydroxylation sites is 2. The maximum absolute atomic E-state index is 5.26. The van der Waals surface area contributed by atoms with Gasteiger partial charge in [-0.25, -0.2) is 4.98 Å². The van der Waals surface area contributed by atoms with E-state index in [1.165, 1.54) is 5.56 Å². The minimum Gasteiger partial charge on any atom is -0.441 e. The Morgan fingerprint density at radius 2 is 1.47 bits per heavy atom. The van der Waals surface area contributed by atoms with Crippen molar-refractivity contribution in [3.63, 3.8) is 0 Å². The number of aromatic nitrogens is 1. The molecule has 0 amide bonds. The smallest absolute Gasteiger partial charge is 0.192 e. The van der Waals surface area contributed by atoms with Gasteiger partial charge in [0.15, 0.2) is 11.5 Å². The van der Waals surface area contributed by atoms with E-state index in [-0.39, 0.29) is 0 Å². The van der Waals surface area contributed by atoms with E-state index in [1.54, 1.807) is 0 Å². The molecule has 3 rings (SSSR count). The van der Waals surface area contributed by atoms with Crippen molar-refractivity contribution in [2.45, 2.75) is 13.8 Å². The Hall–Kier alpha value is -2.09. The van der Waals surface area contributed by atoms with Crippen LogP contribution in [0.1, 0.15) is 11.5 Å². The molecule has 2 heteroatoms. The number of aryl methyl sites for hydroxylation is 2. The number of oxazole rings is 1. The first-order chi connectivity index (χ1) is 8.25. The second-order valence-corrected chi connectivity index (χ2v) is 3.86. The molecule has 0 aliphatic carbocycles. The number of hydrogen-bond donors (Lipinski definition) is 0. The van der Waals surface area contributed by atoms with Gasteiger partial charge in [-0.1, -0.05) is 48.0 Å². The lowest BCUT2D eigenvalue weighted by Crippen LogP contribution is -1.65. The summed E-state index contributed by atoms with van der Waals surface area (Å²) in [6.45, 7) is 3.93. The van der Waals surface area contributed by atoms with Gasteiger partial charge in [0.25, 0.3) is 0 Å². The maximum atomic E-state index is 5.26. The minimum absolute atomic E-state index is 0.723. The molecule has 0 saturated heterocycles. The predicted molar refractivity (Wildman–Crippen MR) is 69.9 cm³/mol. The van der Waals surface area contributed by atoms with Crippen molar-refractivity contribution in [1.82, 2.24) is 4.98 Å². The molecule has 0 fully saturated rings. The molecule has 0 atom stereocenters. The van der Waals surface area contributed by atoms with Crippen LogP contribution in [-0.4, -0.2) is 4.98 Å². The first-order valence-corrected chi connectivity index (χ1v) is 5.59. The van der Waals surface area contributed by atoms with E-state index in [1.807, 2.05) is 49.4 Å². The fraction of sp³-hybridized carbons (Fsp3) is 0.133. The SMILES string of the molecule is Cc1ccccc1.Cc1nc2ccccc2o1. The topological polar surface area (TPSA) is 26.0 Å². The number of hydrogen-bond acceptors (Lipinski definition) is 2. The number of benzene rings is 2. The molecule has 17 heavy (non-hydrogen) atoms. The highest BCUT2D eigenvalue weighted by Crippen LogP contribution is 2.12. The van der Waals surface area contributed by atoms with E-state index in [0.29, 0.717) is 0 Å². The Morgan fingerprint density at radius 3 is 2.06 bits per heavy atom. The Labute approximate surface area is 101 Å². The lowest BCUT2D eigenvalue weighted by molar-refractivity contribution is 0.561. The molecule has 0 aliphatic heterocycles. The first kappa shape index (κ1) is 11.4. The molecule has 86 valence electrons. The van der Waals surface area contributed by atoms with E-state index in [9.17, 15) is 0 Å². The Balaban J connectivity index is 0.000000136. The van der Waals surface area contributed by atoms with Crippen LogP contribution in [0.3, 0.4) is 0 Å². The van der Waals surface area contributed by atoms with Crippen LogP contribution in [0.2, 0.25) is 0 Å². The van der Waals surface area contributed by atoms with Crippen LogP contribution in [0.15, 0.2) is 59.0 Å². The monoisotopic (exact) mass is 225 g/mol. The van der Waals surface area contributed by atoms with Crippen LogP contribution in [0.5, 0.6) is 0 Å². The third-order valence-electron chi connectivity index (χ3n) is 2.34. The summed E-state index contributed by atoms with van der Waals surface area (Å²) >= 11 is 0. The summed E-state index contributed by atoms with van der Waals surface area (Å²) in [6, 6.07) is 18.0. The molecule has 0 saturated carbocycles. The van der Waals surface area contributed by atoms with Crippen LogP contribution < -0.4 is 0 Å². The van der Waals surface area contributed by atoms with Gasteiger partial charge in [0, 0.05) is 6.92 Å². The summed E-state index contributed by atoms with van der Waals surface area (Å²) in [6.07, 6.45) is 0. The molecule has 1 aromatic heterocycles. The molecule has 0 spiro atoms. The van der Waals surface area contributed by atoms with Crippen molar-refractivity contribution in [2.75, 3.05) is 0 Å². The van der Waals surface area contributed by atoms with Crippen molar-refractivity contribution in [2.24, 2.45) is 0 Å². The summed E-state index contributed by atoms with van der Waals surface area (Å²) in [5.41, 5.74) is 3.11. The van der Waals surface area contributed by atoms with Gasteiger partial charge >= 0.3 is 0 Å².